The van der Waals surface area contributed by atoms with Gasteiger partial charge in [-0.25, -0.2) is 0 Å². The van der Waals surface area contributed by atoms with Crippen LogP contribution in [0.5, 0.6) is 0 Å². The Bertz CT molecular complexity index is 495. The summed E-state index contributed by atoms with van der Waals surface area (Å²) in [5, 5.41) is 10.4. The quantitative estimate of drug-likeness (QED) is 0.839. The van der Waals surface area contributed by atoms with Crippen LogP contribution in [0.25, 0.3) is 0 Å². The SMILES string of the molecule is Cc1ccc2c(c1)N(C(=O)C1(O)CCSC1)CC2. The highest BCUT2D eigenvalue weighted by molar-refractivity contribution is 7.99. The normalized spacial score (nSPS) is 26.4. The van der Waals surface area contributed by atoms with E-state index in [0.717, 1.165) is 23.4 Å². The molecule has 2 aliphatic rings. The van der Waals surface area contributed by atoms with Gasteiger partial charge < -0.3 is 10.0 Å². The van der Waals surface area contributed by atoms with E-state index in [2.05, 4.69) is 12.1 Å². The van der Waals surface area contributed by atoms with E-state index in [9.17, 15) is 9.90 Å². The minimum atomic E-state index is -1.14. The number of nitrogens with zero attached hydrogens (tertiary/aromatic N) is 1. The summed E-state index contributed by atoms with van der Waals surface area (Å²) in [6, 6.07) is 6.21. The average Bonchev–Trinajstić information content (AvgIpc) is 2.95. The van der Waals surface area contributed by atoms with Crippen LogP contribution in [-0.4, -0.2) is 34.7 Å². The van der Waals surface area contributed by atoms with E-state index < -0.39 is 5.60 Å². The Morgan fingerprint density at radius 3 is 3.06 bits per heavy atom. The van der Waals surface area contributed by atoms with E-state index in [0.29, 0.717) is 18.7 Å². The number of aliphatic hydroxyl groups is 1. The number of thioether (sulfide) groups is 1. The molecule has 96 valence electrons. The molecule has 0 aliphatic carbocycles. The first-order valence-corrected chi connectivity index (χ1v) is 7.47. The summed E-state index contributed by atoms with van der Waals surface area (Å²) in [4.78, 5) is 14.3. The molecule has 1 aromatic rings. The smallest absolute Gasteiger partial charge is 0.259 e. The lowest BCUT2D eigenvalue weighted by Crippen LogP contribution is -2.48. The summed E-state index contributed by atoms with van der Waals surface area (Å²) in [5.41, 5.74) is 2.21. The highest BCUT2D eigenvalue weighted by Crippen LogP contribution is 2.35. The third-order valence-corrected chi connectivity index (χ3v) is 4.95. The number of anilines is 1. The van der Waals surface area contributed by atoms with Gasteiger partial charge in [-0.3, -0.25) is 4.79 Å². The lowest BCUT2D eigenvalue weighted by molar-refractivity contribution is -0.134. The van der Waals surface area contributed by atoms with Crippen LogP contribution in [0.15, 0.2) is 18.2 Å². The molecule has 1 unspecified atom stereocenters. The molecule has 0 radical (unpaired) electrons. The van der Waals surface area contributed by atoms with Crippen molar-refractivity contribution in [3.8, 4) is 0 Å². The number of hydrogen-bond acceptors (Lipinski definition) is 3. The van der Waals surface area contributed by atoms with Crippen molar-refractivity contribution in [2.45, 2.75) is 25.4 Å². The van der Waals surface area contributed by atoms with Gasteiger partial charge in [0.25, 0.3) is 5.91 Å². The van der Waals surface area contributed by atoms with Crippen molar-refractivity contribution in [2.75, 3.05) is 23.0 Å². The molecule has 0 bridgehead atoms. The van der Waals surface area contributed by atoms with Crippen LogP contribution in [0, 0.1) is 6.92 Å². The van der Waals surface area contributed by atoms with Gasteiger partial charge in [-0.1, -0.05) is 12.1 Å². The van der Waals surface area contributed by atoms with Gasteiger partial charge in [-0.05, 0) is 42.7 Å². The minimum Gasteiger partial charge on any atom is -0.379 e. The van der Waals surface area contributed by atoms with E-state index in [-0.39, 0.29) is 5.91 Å². The monoisotopic (exact) mass is 263 g/mol. The van der Waals surface area contributed by atoms with Crippen LogP contribution >= 0.6 is 11.8 Å². The first-order valence-electron chi connectivity index (χ1n) is 6.32. The van der Waals surface area contributed by atoms with Crippen LogP contribution in [0.4, 0.5) is 5.69 Å². The van der Waals surface area contributed by atoms with Gasteiger partial charge in [0.1, 0.15) is 0 Å². The molecule has 2 aliphatic heterocycles. The maximum atomic E-state index is 12.5. The molecule has 1 atom stereocenters. The van der Waals surface area contributed by atoms with E-state index in [4.69, 9.17) is 0 Å². The molecule has 1 N–H and O–H groups in total. The molecule has 18 heavy (non-hydrogen) atoms. The molecular weight excluding hydrogens is 246 g/mol. The fraction of sp³-hybridized carbons (Fsp3) is 0.500. The largest absolute Gasteiger partial charge is 0.379 e. The Kier molecular flexibility index (Phi) is 2.87. The van der Waals surface area contributed by atoms with Gasteiger partial charge in [-0.2, -0.15) is 11.8 Å². The Morgan fingerprint density at radius 2 is 2.33 bits per heavy atom. The summed E-state index contributed by atoms with van der Waals surface area (Å²) >= 11 is 1.66. The fourth-order valence-electron chi connectivity index (χ4n) is 2.67. The highest BCUT2D eigenvalue weighted by atomic mass is 32.2. The first kappa shape index (κ1) is 12.1. The average molecular weight is 263 g/mol. The topological polar surface area (TPSA) is 40.5 Å². The summed E-state index contributed by atoms with van der Waals surface area (Å²) in [5.74, 6) is 1.29. The Balaban J connectivity index is 1.92. The van der Waals surface area contributed by atoms with Gasteiger partial charge in [0, 0.05) is 18.0 Å². The van der Waals surface area contributed by atoms with E-state index in [1.165, 1.54) is 5.56 Å². The number of rotatable bonds is 1. The van der Waals surface area contributed by atoms with Crippen LogP contribution in [0.1, 0.15) is 17.5 Å². The second kappa shape index (κ2) is 4.28. The van der Waals surface area contributed by atoms with Gasteiger partial charge in [0.15, 0.2) is 5.60 Å². The van der Waals surface area contributed by atoms with Crippen molar-refractivity contribution in [1.82, 2.24) is 0 Å². The Labute approximate surface area is 111 Å². The molecule has 0 spiro atoms. The van der Waals surface area contributed by atoms with Crippen molar-refractivity contribution < 1.29 is 9.90 Å². The second-order valence-corrected chi connectivity index (χ2v) is 6.28. The zero-order valence-corrected chi connectivity index (χ0v) is 11.3. The number of carbonyl (C=O) groups excluding carboxylic acids is 1. The first-order chi connectivity index (χ1) is 8.60. The predicted octanol–water partition coefficient (Wildman–Crippen LogP) is 1.75. The van der Waals surface area contributed by atoms with Crippen LogP contribution in [0.2, 0.25) is 0 Å². The van der Waals surface area contributed by atoms with Gasteiger partial charge in [0.05, 0.1) is 0 Å². The van der Waals surface area contributed by atoms with Crippen LogP contribution in [0.3, 0.4) is 0 Å². The molecule has 2 heterocycles. The molecular formula is C14H17NO2S. The van der Waals surface area contributed by atoms with Crippen molar-refractivity contribution in [3.05, 3.63) is 29.3 Å². The highest BCUT2D eigenvalue weighted by Gasteiger charge is 2.43. The number of benzene rings is 1. The number of aryl methyl sites for hydroxylation is 1. The van der Waals surface area contributed by atoms with Gasteiger partial charge in [-0.15, -0.1) is 0 Å². The lowest BCUT2D eigenvalue weighted by atomic mass is 10.0. The van der Waals surface area contributed by atoms with Crippen molar-refractivity contribution >= 4 is 23.4 Å². The van der Waals surface area contributed by atoms with E-state index >= 15 is 0 Å². The molecule has 3 rings (SSSR count). The third-order valence-electron chi connectivity index (χ3n) is 3.78. The molecule has 0 saturated carbocycles. The summed E-state index contributed by atoms with van der Waals surface area (Å²) in [6.45, 7) is 2.73. The van der Waals surface area contributed by atoms with Crippen molar-refractivity contribution in [2.24, 2.45) is 0 Å². The maximum Gasteiger partial charge on any atom is 0.259 e. The van der Waals surface area contributed by atoms with E-state index in [1.54, 1.807) is 16.7 Å². The maximum absolute atomic E-state index is 12.5. The third kappa shape index (κ3) is 1.84. The molecule has 3 nitrogen and oxygen atoms in total. The van der Waals surface area contributed by atoms with Crippen LogP contribution in [-0.2, 0) is 11.2 Å². The lowest BCUT2D eigenvalue weighted by Gasteiger charge is -2.27. The van der Waals surface area contributed by atoms with Gasteiger partial charge >= 0.3 is 0 Å². The molecule has 1 fully saturated rings. The molecule has 1 amide bonds. The predicted molar refractivity (Wildman–Crippen MR) is 74.1 cm³/mol. The Hall–Kier alpha value is -1.000. The Morgan fingerprint density at radius 1 is 1.50 bits per heavy atom. The molecule has 1 aromatic carbocycles. The zero-order chi connectivity index (χ0) is 12.8. The zero-order valence-electron chi connectivity index (χ0n) is 10.5. The van der Waals surface area contributed by atoms with Gasteiger partial charge in [0.2, 0.25) is 0 Å². The molecule has 0 aromatic heterocycles. The van der Waals surface area contributed by atoms with Crippen LogP contribution < -0.4 is 4.90 Å². The van der Waals surface area contributed by atoms with E-state index in [1.807, 2.05) is 13.0 Å². The number of hydrogen-bond donors (Lipinski definition) is 1. The standard InChI is InChI=1S/C14H17NO2S/c1-10-2-3-11-4-6-15(12(11)8-10)13(16)14(17)5-7-18-9-14/h2-3,8,17H,4-7,9H2,1H3. The summed E-state index contributed by atoms with van der Waals surface area (Å²) in [6.07, 6.45) is 1.47. The number of amides is 1. The summed E-state index contributed by atoms with van der Waals surface area (Å²) < 4.78 is 0. The number of fused-ring (bicyclic) bond motifs is 1. The molecule has 4 heteroatoms. The number of carbonyl (C=O) groups is 1. The summed E-state index contributed by atoms with van der Waals surface area (Å²) in [7, 11) is 0. The van der Waals surface area contributed by atoms with Crippen molar-refractivity contribution in [3.63, 3.8) is 0 Å². The fourth-order valence-corrected chi connectivity index (χ4v) is 3.91. The second-order valence-electron chi connectivity index (χ2n) is 5.17. The minimum absolute atomic E-state index is 0.114. The van der Waals surface area contributed by atoms with Crippen molar-refractivity contribution in [1.29, 1.82) is 0 Å². The molecule has 1 saturated heterocycles.